The Hall–Kier alpha value is -1.34. The van der Waals surface area contributed by atoms with E-state index >= 15 is 0 Å². The number of hydrogen-bond donors (Lipinski definition) is 1. The molecule has 0 aliphatic heterocycles. The van der Waals surface area contributed by atoms with E-state index in [0.29, 0.717) is 5.56 Å². The number of rotatable bonds is 2. The fourth-order valence-corrected chi connectivity index (χ4v) is 1.41. The molecular weight excluding hydrogens is 234 g/mol. The van der Waals surface area contributed by atoms with Crippen LogP contribution in [0, 0.1) is 11.3 Å². The van der Waals surface area contributed by atoms with Gasteiger partial charge in [0.15, 0.2) is 0 Å². The van der Waals surface area contributed by atoms with E-state index in [0.717, 1.165) is 4.47 Å². The first kappa shape index (κ1) is 9.75. The zero-order valence-electron chi connectivity index (χ0n) is 6.62. The lowest BCUT2D eigenvalue weighted by Crippen LogP contribution is -2.01. The van der Waals surface area contributed by atoms with Crippen molar-refractivity contribution in [3.05, 3.63) is 33.8 Å². The second-order valence-electron chi connectivity index (χ2n) is 2.44. The maximum Gasteiger partial charge on any atom is 0.335 e. The monoisotopic (exact) mass is 239 g/mol. The number of aromatic carboxylic acids is 1. The lowest BCUT2D eigenvalue weighted by molar-refractivity contribution is 0.0696. The van der Waals surface area contributed by atoms with Gasteiger partial charge in [0.1, 0.15) is 0 Å². The molecule has 0 aromatic heterocycles. The topological polar surface area (TPSA) is 61.1 Å². The summed E-state index contributed by atoms with van der Waals surface area (Å²) in [6.07, 6.45) is 0.112. The Balaban J connectivity index is 3.20. The Kier molecular flexibility index (Phi) is 3.04. The summed E-state index contributed by atoms with van der Waals surface area (Å²) < 4.78 is 0.780. The van der Waals surface area contributed by atoms with Crippen molar-refractivity contribution in [3.63, 3.8) is 0 Å². The van der Waals surface area contributed by atoms with Crippen molar-refractivity contribution in [1.29, 1.82) is 5.26 Å². The average Bonchev–Trinajstić information content (AvgIpc) is 2.04. The van der Waals surface area contributed by atoms with Crippen LogP contribution in [0.15, 0.2) is 22.7 Å². The third-order valence-electron chi connectivity index (χ3n) is 1.57. The molecule has 1 aromatic rings. The first-order valence-corrected chi connectivity index (χ1v) is 4.33. The number of hydrogen-bond acceptors (Lipinski definition) is 2. The van der Waals surface area contributed by atoms with E-state index in [-0.39, 0.29) is 12.0 Å². The van der Waals surface area contributed by atoms with E-state index in [2.05, 4.69) is 15.9 Å². The largest absolute Gasteiger partial charge is 0.478 e. The summed E-state index contributed by atoms with van der Waals surface area (Å²) in [4.78, 5) is 10.7. The summed E-state index contributed by atoms with van der Waals surface area (Å²) in [6, 6.07) is 6.70. The molecular formula is C9H6BrNO2. The summed E-state index contributed by atoms with van der Waals surface area (Å²) in [5, 5.41) is 17.2. The van der Waals surface area contributed by atoms with Gasteiger partial charge >= 0.3 is 5.97 Å². The lowest BCUT2D eigenvalue weighted by Gasteiger charge is -2.01. The number of carboxylic acid groups (broad SMARTS) is 1. The Morgan fingerprint density at radius 3 is 2.85 bits per heavy atom. The number of nitrogens with zero attached hydrogens (tertiary/aromatic N) is 1. The molecule has 0 amide bonds. The molecule has 0 aliphatic rings. The van der Waals surface area contributed by atoms with Crippen LogP contribution in [0.3, 0.4) is 0 Å². The van der Waals surface area contributed by atoms with Gasteiger partial charge in [-0.3, -0.25) is 0 Å². The highest BCUT2D eigenvalue weighted by molar-refractivity contribution is 9.10. The highest BCUT2D eigenvalue weighted by Gasteiger charge is 2.09. The van der Waals surface area contributed by atoms with Crippen LogP contribution in [0.4, 0.5) is 0 Å². The molecule has 13 heavy (non-hydrogen) atoms. The second kappa shape index (κ2) is 4.06. The van der Waals surface area contributed by atoms with Gasteiger partial charge in [0.2, 0.25) is 0 Å². The van der Waals surface area contributed by atoms with Crippen molar-refractivity contribution in [2.45, 2.75) is 6.42 Å². The van der Waals surface area contributed by atoms with E-state index in [1.807, 2.05) is 6.07 Å². The van der Waals surface area contributed by atoms with Gasteiger partial charge in [0, 0.05) is 4.47 Å². The van der Waals surface area contributed by atoms with Gasteiger partial charge in [-0.25, -0.2) is 4.79 Å². The molecule has 0 atom stereocenters. The molecule has 0 unspecified atom stereocenters. The number of carboxylic acids is 1. The maximum atomic E-state index is 10.7. The normalized spacial score (nSPS) is 9.23. The summed E-state index contributed by atoms with van der Waals surface area (Å²) in [5.74, 6) is -1.00. The van der Waals surface area contributed by atoms with Gasteiger partial charge in [0.25, 0.3) is 0 Å². The molecule has 1 rings (SSSR count). The molecule has 0 heterocycles. The van der Waals surface area contributed by atoms with Crippen LogP contribution in [0.25, 0.3) is 0 Å². The first-order valence-electron chi connectivity index (χ1n) is 3.54. The molecule has 0 radical (unpaired) electrons. The SMILES string of the molecule is N#CCc1cc(Br)ccc1C(=O)O. The number of carbonyl (C=O) groups is 1. The van der Waals surface area contributed by atoms with Crippen molar-refractivity contribution in [1.82, 2.24) is 0 Å². The smallest absolute Gasteiger partial charge is 0.335 e. The van der Waals surface area contributed by atoms with Crippen molar-refractivity contribution in [3.8, 4) is 6.07 Å². The van der Waals surface area contributed by atoms with Crippen LogP contribution in [0.2, 0.25) is 0 Å². The molecule has 0 aliphatic carbocycles. The van der Waals surface area contributed by atoms with Gasteiger partial charge in [-0.1, -0.05) is 15.9 Å². The molecule has 3 nitrogen and oxygen atoms in total. The summed E-state index contributed by atoms with van der Waals surface area (Å²) in [5.41, 5.74) is 0.717. The van der Waals surface area contributed by atoms with Crippen LogP contribution in [-0.2, 0) is 6.42 Å². The van der Waals surface area contributed by atoms with Gasteiger partial charge in [-0.05, 0) is 23.8 Å². The first-order chi connectivity index (χ1) is 6.15. The molecule has 0 fully saturated rings. The molecule has 0 bridgehead atoms. The fraction of sp³-hybridized carbons (Fsp3) is 0.111. The summed E-state index contributed by atoms with van der Waals surface area (Å²) >= 11 is 3.21. The highest BCUT2D eigenvalue weighted by atomic mass is 79.9. The van der Waals surface area contributed by atoms with Gasteiger partial charge in [-0.2, -0.15) is 5.26 Å². The second-order valence-corrected chi connectivity index (χ2v) is 3.36. The van der Waals surface area contributed by atoms with Crippen LogP contribution >= 0.6 is 15.9 Å². The third-order valence-corrected chi connectivity index (χ3v) is 2.06. The number of halogens is 1. The summed E-state index contributed by atoms with van der Waals surface area (Å²) in [6.45, 7) is 0. The van der Waals surface area contributed by atoms with E-state index in [1.54, 1.807) is 12.1 Å². The fourth-order valence-electron chi connectivity index (χ4n) is 1.00. The minimum atomic E-state index is -1.00. The molecule has 66 valence electrons. The Morgan fingerprint density at radius 1 is 1.62 bits per heavy atom. The van der Waals surface area contributed by atoms with Crippen molar-refractivity contribution >= 4 is 21.9 Å². The highest BCUT2D eigenvalue weighted by Crippen LogP contribution is 2.17. The van der Waals surface area contributed by atoms with Gasteiger partial charge < -0.3 is 5.11 Å². The molecule has 1 N–H and O–H groups in total. The minimum absolute atomic E-state index is 0.112. The minimum Gasteiger partial charge on any atom is -0.478 e. The van der Waals surface area contributed by atoms with E-state index in [1.165, 1.54) is 6.07 Å². The average molecular weight is 240 g/mol. The zero-order valence-corrected chi connectivity index (χ0v) is 8.21. The van der Waals surface area contributed by atoms with Crippen LogP contribution < -0.4 is 0 Å². The van der Waals surface area contributed by atoms with Crippen molar-refractivity contribution < 1.29 is 9.90 Å². The molecule has 1 aromatic carbocycles. The maximum absolute atomic E-state index is 10.7. The van der Waals surface area contributed by atoms with E-state index < -0.39 is 5.97 Å². The predicted octanol–water partition coefficient (Wildman–Crippen LogP) is 2.21. The zero-order chi connectivity index (χ0) is 9.84. The molecule has 4 heteroatoms. The van der Waals surface area contributed by atoms with Crippen LogP contribution in [-0.4, -0.2) is 11.1 Å². The Bertz CT molecular complexity index is 382. The van der Waals surface area contributed by atoms with Gasteiger partial charge in [0.05, 0.1) is 18.1 Å². The number of nitriles is 1. The van der Waals surface area contributed by atoms with Crippen molar-refractivity contribution in [2.24, 2.45) is 0 Å². The lowest BCUT2D eigenvalue weighted by atomic mass is 10.1. The Morgan fingerprint density at radius 2 is 2.31 bits per heavy atom. The molecule has 0 saturated carbocycles. The Labute approximate surface area is 83.7 Å². The van der Waals surface area contributed by atoms with Crippen LogP contribution in [0.5, 0.6) is 0 Å². The van der Waals surface area contributed by atoms with Crippen LogP contribution in [0.1, 0.15) is 15.9 Å². The number of benzene rings is 1. The van der Waals surface area contributed by atoms with Crippen molar-refractivity contribution in [2.75, 3.05) is 0 Å². The quantitative estimate of drug-likeness (QED) is 0.861. The van der Waals surface area contributed by atoms with Gasteiger partial charge in [-0.15, -0.1) is 0 Å². The standard InChI is InChI=1S/C9H6BrNO2/c10-7-1-2-8(9(12)13)6(5-7)3-4-11/h1-2,5H,3H2,(H,12,13). The van der Waals surface area contributed by atoms with E-state index in [9.17, 15) is 4.79 Å². The third kappa shape index (κ3) is 2.30. The summed E-state index contributed by atoms with van der Waals surface area (Å²) in [7, 11) is 0. The molecule has 0 saturated heterocycles. The predicted molar refractivity (Wildman–Crippen MR) is 50.4 cm³/mol. The molecule has 0 spiro atoms. The van der Waals surface area contributed by atoms with E-state index in [4.69, 9.17) is 10.4 Å².